The number of carbonyl (C=O) groups excluding carboxylic acids is 1. The summed E-state index contributed by atoms with van der Waals surface area (Å²) in [6, 6.07) is 0. The van der Waals surface area contributed by atoms with Gasteiger partial charge in [-0.05, 0) is 0 Å². The van der Waals surface area contributed by atoms with Crippen LogP contribution in [-0.2, 0) is 14.1 Å². The van der Waals surface area contributed by atoms with Gasteiger partial charge in [-0.2, -0.15) is 0 Å². The van der Waals surface area contributed by atoms with Gasteiger partial charge in [-0.1, -0.05) is 0 Å². The predicted molar refractivity (Wildman–Crippen MR) is 37.3 cm³/mol. The van der Waals surface area contributed by atoms with Crippen LogP contribution in [0.2, 0.25) is 0 Å². The average Bonchev–Trinajstić information content (AvgIpc) is 1.88. The molecule has 0 bridgehead atoms. The van der Waals surface area contributed by atoms with E-state index >= 15 is 0 Å². The molecule has 0 spiro atoms. The second-order valence-electron chi connectivity index (χ2n) is 1.61. The molecule has 4 heteroatoms. The first-order chi connectivity index (χ1) is 4.68. The molecule has 0 radical (unpaired) electrons. The molecule has 0 saturated carbocycles. The molecular formula is C6H7O3P. The number of hydrogen-bond donors (Lipinski definition) is 0. The Morgan fingerprint density at radius 2 is 2.40 bits per heavy atom. The second kappa shape index (κ2) is 5.04. The number of hydrogen-bond acceptors (Lipinski definition) is 3. The molecule has 0 heterocycles. The van der Waals surface area contributed by atoms with Gasteiger partial charge in [0.25, 0.3) is 0 Å². The topological polar surface area (TPSA) is 43.4 Å². The molecule has 0 aromatic heterocycles. The molecule has 0 aliphatic carbocycles. The maximum atomic E-state index is 10.6. The van der Waals surface area contributed by atoms with Gasteiger partial charge in [0.2, 0.25) is 0 Å². The second-order valence-corrected chi connectivity index (χ2v) is 2.10. The fourth-order valence-corrected chi connectivity index (χ4v) is 0.365. The fourth-order valence-electron chi connectivity index (χ4n) is 0.247. The standard InChI is InChI=1S/C6H7O3P/c1-5(2)6(7)9-3-4-10-8/h1,3H2,2H3. The van der Waals surface area contributed by atoms with Gasteiger partial charge in [0.05, 0.1) is 0 Å². The molecular weight excluding hydrogens is 151 g/mol. The Kier molecular flexibility index (Phi) is 4.65. The van der Waals surface area contributed by atoms with Crippen molar-refractivity contribution in [3.63, 3.8) is 0 Å². The van der Waals surface area contributed by atoms with Crippen LogP contribution >= 0.6 is 7.92 Å². The first-order valence-corrected chi connectivity index (χ1v) is 3.37. The summed E-state index contributed by atoms with van der Waals surface area (Å²) in [7, 11) is -0.254. The van der Waals surface area contributed by atoms with Crippen LogP contribution in [-0.4, -0.2) is 12.6 Å². The van der Waals surface area contributed by atoms with Crippen LogP contribution in [0.25, 0.3) is 0 Å². The Morgan fingerprint density at radius 3 is 2.80 bits per heavy atom. The molecule has 0 aromatic rings. The van der Waals surface area contributed by atoms with E-state index < -0.39 is 5.97 Å². The molecule has 0 aliphatic heterocycles. The van der Waals surface area contributed by atoms with E-state index in [1.165, 1.54) is 6.92 Å². The van der Waals surface area contributed by atoms with Crippen LogP contribution in [0, 0.1) is 5.63 Å². The van der Waals surface area contributed by atoms with Crippen LogP contribution in [0.4, 0.5) is 0 Å². The Labute approximate surface area is 60.2 Å². The van der Waals surface area contributed by atoms with Gasteiger partial charge < -0.3 is 0 Å². The molecule has 3 nitrogen and oxygen atoms in total. The van der Waals surface area contributed by atoms with Crippen LogP contribution in [0.1, 0.15) is 6.92 Å². The summed E-state index contributed by atoms with van der Waals surface area (Å²) >= 11 is 0. The minimum atomic E-state index is -0.490. The molecule has 0 amide bonds. The number of rotatable bonds is 2. The zero-order valence-corrected chi connectivity index (χ0v) is 6.48. The summed E-state index contributed by atoms with van der Waals surface area (Å²) in [6.07, 6.45) is 0. The summed E-state index contributed by atoms with van der Waals surface area (Å²) in [5.74, 6) is -0.490. The summed E-state index contributed by atoms with van der Waals surface area (Å²) in [5.41, 5.74) is 2.59. The van der Waals surface area contributed by atoms with E-state index in [4.69, 9.17) is 0 Å². The quantitative estimate of drug-likeness (QED) is 0.346. The van der Waals surface area contributed by atoms with E-state index in [1.54, 1.807) is 0 Å². The minimum absolute atomic E-state index is 0.0588. The summed E-state index contributed by atoms with van der Waals surface area (Å²) < 4.78 is 14.2. The Bertz CT molecular complexity index is 237. The molecule has 0 unspecified atom stereocenters. The van der Waals surface area contributed by atoms with E-state index in [0.29, 0.717) is 5.57 Å². The monoisotopic (exact) mass is 158 g/mol. The number of ether oxygens (including phenoxy) is 1. The molecule has 0 N–H and O–H groups in total. The molecule has 0 saturated heterocycles. The first kappa shape index (κ1) is 9.22. The van der Waals surface area contributed by atoms with E-state index in [0.717, 1.165) is 0 Å². The van der Waals surface area contributed by atoms with Crippen molar-refractivity contribution in [1.82, 2.24) is 0 Å². The van der Waals surface area contributed by atoms with Crippen molar-refractivity contribution < 1.29 is 14.1 Å². The summed E-state index contributed by atoms with van der Waals surface area (Å²) in [5, 5.41) is 0. The molecule has 0 rings (SSSR count). The van der Waals surface area contributed by atoms with Gasteiger partial charge in [0, 0.05) is 0 Å². The van der Waals surface area contributed by atoms with Crippen LogP contribution in [0.3, 0.4) is 0 Å². The van der Waals surface area contributed by atoms with Gasteiger partial charge in [-0.25, -0.2) is 0 Å². The zero-order chi connectivity index (χ0) is 7.98. The summed E-state index contributed by atoms with van der Waals surface area (Å²) in [4.78, 5) is 10.6. The van der Waals surface area contributed by atoms with Gasteiger partial charge in [-0.15, -0.1) is 0 Å². The van der Waals surface area contributed by atoms with Gasteiger partial charge >= 0.3 is 59.3 Å². The van der Waals surface area contributed by atoms with E-state index in [9.17, 15) is 9.36 Å². The van der Waals surface area contributed by atoms with Gasteiger partial charge in [0.15, 0.2) is 0 Å². The Balaban J connectivity index is 3.67. The SMILES string of the molecule is C=C(C)C(=O)OCC#P=O. The van der Waals surface area contributed by atoms with E-state index in [-0.39, 0.29) is 14.5 Å². The van der Waals surface area contributed by atoms with Crippen LogP contribution < -0.4 is 0 Å². The van der Waals surface area contributed by atoms with Crippen LogP contribution in [0.15, 0.2) is 12.2 Å². The third-order valence-corrected chi connectivity index (χ3v) is 0.939. The van der Waals surface area contributed by atoms with Crippen molar-refractivity contribution in [2.75, 3.05) is 6.61 Å². The van der Waals surface area contributed by atoms with E-state index in [2.05, 4.69) is 16.9 Å². The Morgan fingerprint density at radius 1 is 1.80 bits per heavy atom. The third-order valence-electron chi connectivity index (χ3n) is 0.681. The number of esters is 1. The molecule has 10 heavy (non-hydrogen) atoms. The third kappa shape index (κ3) is 4.13. The Hall–Kier alpha value is -0.780. The predicted octanol–water partition coefficient (Wildman–Crippen LogP) is 1.36. The fraction of sp³-hybridized carbons (Fsp3) is 0.333. The first-order valence-electron chi connectivity index (χ1n) is 2.56. The average molecular weight is 158 g/mol. The van der Waals surface area contributed by atoms with Crippen molar-refractivity contribution in [1.29, 1.82) is 0 Å². The van der Waals surface area contributed by atoms with Crippen molar-refractivity contribution in [3.05, 3.63) is 12.2 Å². The molecule has 0 atom stereocenters. The van der Waals surface area contributed by atoms with E-state index in [1.807, 2.05) is 0 Å². The van der Waals surface area contributed by atoms with Gasteiger partial charge in [0.1, 0.15) is 0 Å². The zero-order valence-electron chi connectivity index (χ0n) is 5.59. The van der Waals surface area contributed by atoms with Crippen LogP contribution in [0.5, 0.6) is 0 Å². The summed E-state index contributed by atoms with van der Waals surface area (Å²) in [6.45, 7) is 4.83. The molecule has 0 aliphatic rings. The van der Waals surface area contributed by atoms with Crippen molar-refractivity contribution >= 4 is 13.9 Å². The van der Waals surface area contributed by atoms with Crippen molar-refractivity contribution in [2.24, 2.45) is 0 Å². The maximum absolute atomic E-state index is 10.6. The molecule has 0 fully saturated rings. The molecule has 54 valence electrons. The van der Waals surface area contributed by atoms with Crippen molar-refractivity contribution in [3.8, 4) is 5.63 Å². The number of carbonyl (C=O) groups is 1. The van der Waals surface area contributed by atoms with Gasteiger partial charge in [-0.3, -0.25) is 0 Å². The van der Waals surface area contributed by atoms with Crippen molar-refractivity contribution in [2.45, 2.75) is 6.92 Å². The normalized spacial score (nSPS) is 7.70. The molecule has 0 aromatic carbocycles.